The van der Waals surface area contributed by atoms with Gasteiger partial charge in [0.2, 0.25) is 0 Å². The molecule has 0 aromatic rings. The van der Waals surface area contributed by atoms with Crippen LogP contribution >= 0.6 is 0 Å². The van der Waals surface area contributed by atoms with Gasteiger partial charge in [0.25, 0.3) is 0 Å². The SMILES string of the molecule is COC(=O)C[C@@H](C)N. The molecule has 0 amide bonds. The van der Waals surface area contributed by atoms with Crippen LogP contribution in [0, 0.1) is 0 Å². The van der Waals surface area contributed by atoms with E-state index < -0.39 is 0 Å². The molecule has 1 atom stereocenters. The molecule has 0 aromatic heterocycles. The Kier molecular flexibility index (Phi) is 3.19. The van der Waals surface area contributed by atoms with E-state index in [1.54, 1.807) is 6.92 Å². The van der Waals surface area contributed by atoms with Gasteiger partial charge in [-0.25, -0.2) is 0 Å². The highest BCUT2D eigenvalue weighted by Crippen LogP contribution is 1.86. The molecule has 3 nitrogen and oxygen atoms in total. The van der Waals surface area contributed by atoms with E-state index in [2.05, 4.69) is 4.74 Å². The number of carbonyl (C=O) groups is 1. The number of methoxy groups -OCH3 is 1. The Morgan fingerprint density at radius 3 is 2.50 bits per heavy atom. The summed E-state index contributed by atoms with van der Waals surface area (Å²) in [5.74, 6) is -0.250. The van der Waals surface area contributed by atoms with E-state index in [0.29, 0.717) is 6.42 Å². The van der Waals surface area contributed by atoms with E-state index in [1.165, 1.54) is 7.11 Å². The van der Waals surface area contributed by atoms with Crippen LogP contribution in [0.1, 0.15) is 13.3 Å². The summed E-state index contributed by atoms with van der Waals surface area (Å²) in [5.41, 5.74) is 5.27. The van der Waals surface area contributed by atoms with E-state index in [1.807, 2.05) is 0 Å². The molecule has 0 heterocycles. The van der Waals surface area contributed by atoms with Crippen LogP contribution in [0.3, 0.4) is 0 Å². The Bertz CT molecular complexity index is 80.5. The lowest BCUT2D eigenvalue weighted by Crippen LogP contribution is -2.20. The van der Waals surface area contributed by atoms with Gasteiger partial charge < -0.3 is 10.5 Å². The van der Waals surface area contributed by atoms with Crippen molar-refractivity contribution < 1.29 is 9.53 Å². The van der Waals surface area contributed by atoms with Gasteiger partial charge in [0.15, 0.2) is 0 Å². The highest BCUT2D eigenvalue weighted by Gasteiger charge is 2.01. The molecular weight excluding hydrogens is 106 g/mol. The first-order valence-electron chi connectivity index (χ1n) is 2.49. The van der Waals surface area contributed by atoms with Gasteiger partial charge in [0, 0.05) is 6.04 Å². The van der Waals surface area contributed by atoms with Crippen molar-refractivity contribution in [2.45, 2.75) is 19.4 Å². The summed E-state index contributed by atoms with van der Waals surface area (Å²) >= 11 is 0. The maximum atomic E-state index is 10.3. The normalized spacial score (nSPS) is 12.9. The Labute approximate surface area is 48.8 Å². The van der Waals surface area contributed by atoms with Gasteiger partial charge in [-0.05, 0) is 6.92 Å². The summed E-state index contributed by atoms with van der Waals surface area (Å²) in [4.78, 5) is 10.3. The van der Waals surface area contributed by atoms with E-state index in [-0.39, 0.29) is 12.0 Å². The van der Waals surface area contributed by atoms with Crippen LogP contribution in [-0.4, -0.2) is 19.1 Å². The molecule has 0 saturated heterocycles. The zero-order valence-electron chi connectivity index (χ0n) is 5.18. The quantitative estimate of drug-likeness (QED) is 0.514. The molecule has 0 aliphatic rings. The van der Waals surface area contributed by atoms with Crippen molar-refractivity contribution in [1.82, 2.24) is 0 Å². The molecule has 0 aliphatic heterocycles. The first kappa shape index (κ1) is 7.43. The number of hydrogen-bond acceptors (Lipinski definition) is 3. The van der Waals surface area contributed by atoms with Crippen molar-refractivity contribution in [2.75, 3.05) is 7.11 Å². The maximum absolute atomic E-state index is 10.3. The second-order valence-electron chi connectivity index (χ2n) is 1.76. The van der Waals surface area contributed by atoms with Crippen LogP contribution in [-0.2, 0) is 9.53 Å². The summed E-state index contributed by atoms with van der Waals surface area (Å²) in [6.07, 6.45) is 0.302. The molecule has 0 aromatic carbocycles. The number of esters is 1. The lowest BCUT2D eigenvalue weighted by Gasteiger charge is -2.00. The van der Waals surface area contributed by atoms with Gasteiger partial charge in [-0.2, -0.15) is 0 Å². The van der Waals surface area contributed by atoms with Gasteiger partial charge in [0.05, 0.1) is 13.5 Å². The zero-order valence-corrected chi connectivity index (χ0v) is 5.18. The number of rotatable bonds is 2. The van der Waals surface area contributed by atoms with Crippen LogP contribution in [0.4, 0.5) is 0 Å². The summed E-state index contributed by atoms with van der Waals surface area (Å²) in [7, 11) is 1.35. The summed E-state index contributed by atoms with van der Waals surface area (Å²) in [5, 5.41) is 0. The second kappa shape index (κ2) is 3.43. The molecule has 0 aliphatic carbocycles. The summed E-state index contributed by atoms with van der Waals surface area (Å²) < 4.78 is 4.34. The van der Waals surface area contributed by atoms with Crippen molar-refractivity contribution >= 4 is 5.97 Å². The molecule has 48 valence electrons. The average molecular weight is 117 g/mol. The van der Waals surface area contributed by atoms with Gasteiger partial charge in [-0.3, -0.25) is 4.79 Å². The third-order valence-corrected chi connectivity index (χ3v) is 0.716. The largest absolute Gasteiger partial charge is 0.469 e. The lowest BCUT2D eigenvalue weighted by molar-refractivity contribution is -0.140. The Balaban J connectivity index is 3.25. The van der Waals surface area contributed by atoms with Crippen molar-refractivity contribution in [3.63, 3.8) is 0 Å². The predicted octanol–water partition coefficient (Wildman–Crippen LogP) is -0.103. The minimum atomic E-state index is -0.250. The van der Waals surface area contributed by atoms with Crippen molar-refractivity contribution in [3.05, 3.63) is 0 Å². The summed E-state index contributed by atoms with van der Waals surface area (Å²) in [6.45, 7) is 1.76. The highest BCUT2D eigenvalue weighted by atomic mass is 16.5. The van der Waals surface area contributed by atoms with Gasteiger partial charge in [-0.15, -0.1) is 0 Å². The average Bonchev–Trinajstić information content (AvgIpc) is 1.65. The molecule has 0 spiro atoms. The molecule has 0 unspecified atom stereocenters. The zero-order chi connectivity index (χ0) is 6.57. The fourth-order valence-electron chi connectivity index (χ4n) is 0.346. The minimum absolute atomic E-state index is 0.0950. The molecule has 2 N–H and O–H groups in total. The van der Waals surface area contributed by atoms with Crippen LogP contribution in [0.25, 0.3) is 0 Å². The molecule has 0 rings (SSSR count). The Hall–Kier alpha value is -0.570. The minimum Gasteiger partial charge on any atom is -0.469 e. The highest BCUT2D eigenvalue weighted by molar-refractivity contribution is 5.69. The second-order valence-corrected chi connectivity index (χ2v) is 1.76. The van der Waals surface area contributed by atoms with Gasteiger partial charge in [-0.1, -0.05) is 0 Å². The molecule has 8 heavy (non-hydrogen) atoms. The van der Waals surface area contributed by atoms with E-state index in [4.69, 9.17) is 5.73 Å². The molecule has 3 heteroatoms. The third-order valence-electron chi connectivity index (χ3n) is 0.716. The van der Waals surface area contributed by atoms with Crippen molar-refractivity contribution in [3.8, 4) is 0 Å². The first-order chi connectivity index (χ1) is 3.66. The topological polar surface area (TPSA) is 52.3 Å². The number of carbonyl (C=O) groups excluding carboxylic acids is 1. The molecule has 0 fully saturated rings. The standard InChI is InChI=1S/C5H11NO2/c1-4(6)3-5(7)8-2/h4H,3,6H2,1-2H3/t4-/m1/s1. The predicted molar refractivity (Wildman–Crippen MR) is 30.3 cm³/mol. The Morgan fingerprint density at radius 2 is 2.38 bits per heavy atom. The fourth-order valence-corrected chi connectivity index (χ4v) is 0.346. The first-order valence-corrected chi connectivity index (χ1v) is 2.49. The van der Waals surface area contributed by atoms with Crippen LogP contribution in [0.15, 0.2) is 0 Å². The molecule has 0 radical (unpaired) electrons. The monoisotopic (exact) mass is 117 g/mol. The van der Waals surface area contributed by atoms with Crippen LogP contribution < -0.4 is 5.73 Å². The number of nitrogens with two attached hydrogens (primary N) is 1. The fraction of sp³-hybridized carbons (Fsp3) is 0.800. The van der Waals surface area contributed by atoms with Crippen LogP contribution in [0.5, 0.6) is 0 Å². The molecular formula is C5H11NO2. The lowest BCUT2D eigenvalue weighted by atomic mass is 10.3. The van der Waals surface area contributed by atoms with Gasteiger partial charge in [0.1, 0.15) is 0 Å². The Morgan fingerprint density at radius 1 is 1.88 bits per heavy atom. The van der Waals surface area contributed by atoms with Gasteiger partial charge >= 0.3 is 5.97 Å². The maximum Gasteiger partial charge on any atom is 0.307 e. The smallest absolute Gasteiger partial charge is 0.307 e. The van der Waals surface area contributed by atoms with Crippen molar-refractivity contribution in [2.24, 2.45) is 5.73 Å². The van der Waals surface area contributed by atoms with E-state index in [0.717, 1.165) is 0 Å². The third kappa shape index (κ3) is 3.61. The van der Waals surface area contributed by atoms with Crippen molar-refractivity contribution in [1.29, 1.82) is 0 Å². The van der Waals surface area contributed by atoms with E-state index >= 15 is 0 Å². The number of hydrogen-bond donors (Lipinski definition) is 1. The molecule has 0 bridgehead atoms. The summed E-state index contributed by atoms with van der Waals surface area (Å²) in [6, 6.07) is -0.0950. The van der Waals surface area contributed by atoms with E-state index in [9.17, 15) is 4.79 Å². The van der Waals surface area contributed by atoms with Crippen LogP contribution in [0.2, 0.25) is 0 Å². The molecule has 0 saturated carbocycles. The number of ether oxygens (including phenoxy) is 1.